The Kier molecular flexibility index (Phi) is 8.73. The lowest BCUT2D eigenvalue weighted by atomic mass is 10.1. The van der Waals surface area contributed by atoms with Crippen molar-refractivity contribution in [3.63, 3.8) is 0 Å². The highest BCUT2D eigenvalue weighted by atomic mass is 16.1. The fourth-order valence-electron chi connectivity index (χ4n) is 3.22. The average molecular weight is 380 g/mol. The van der Waals surface area contributed by atoms with E-state index in [0.29, 0.717) is 6.42 Å². The van der Waals surface area contributed by atoms with Crippen molar-refractivity contribution < 1.29 is 4.79 Å². The number of hydrogen-bond donors (Lipinski definition) is 1. The molecule has 1 N–H and O–H groups in total. The number of allylic oxidation sites excluding steroid dienone is 4. The summed E-state index contributed by atoms with van der Waals surface area (Å²) in [6.07, 6.45) is 10.5. The maximum Gasteiger partial charge on any atom is 0.224 e. The first-order valence-electron chi connectivity index (χ1n) is 10.3. The number of para-hydroxylation sites is 1. The Morgan fingerprint density at radius 3 is 2.61 bits per heavy atom. The molecule has 2 aromatic rings. The van der Waals surface area contributed by atoms with Crippen LogP contribution in [0, 0.1) is 0 Å². The smallest absolute Gasteiger partial charge is 0.224 e. The zero-order valence-electron chi connectivity index (χ0n) is 17.7. The number of pyridine rings is 1. The van der Waals surface area contributed by atoms with E-state index in [1.807, 2.05) is 30.3 Å². The van der Waals surface area contributed by atoms with Gasteiger partial charge in [-0.15, -0.1) is 0 Å². The van der Waals surface area contributed by atoms with E-state index < -0.39 is 0 Å². The van der Waals surface area contributed by atoms with Gasteiger partial charge in [-0.2, -0.15) is 0 Å². The van der Waals surface area contributed by atoms with Crippen molar-refractivity contribution in [2.75, 3.05) is 18.9 Å². The summed E-state index contributed by atoms with van der Waals surface area (Å²) in [6.45, 7) is 7.59. The molecule has 0 fully saturated rings. The number of nitrogens with one attached hydrogen (secondary N) is 1. The van der Waals surface area contributed by atoms with Crippen LogP contribution in [0.5, 0.6) is 0 Å². The molecular weight excluding hydrogens is 346 g/mol. The molecular formula is C24H33N3O. The lowest BCUT2D eigenvalue weighted by molar-refractivity contribution is -0.116. The number of anilines is 1. The number of nitrogens with zero attached hydrogens (tertiary/aromatic N) is 2. The number of benzene rings is 1. The molecule has 0 saturated carbocycles. The van der Waals surface area contributed by atoms with Crippen molar-refractivity contribution in [3.05, 3.63) is 60.0 Å². The van der Waals surface area contributed by atoms with Crippen LogP contribution in [0.4, 0.5) is 5.69 Å². The average Bonchev–Trinajstić information content (AvgIpc) is 2.70. The predicted octanol–water partition coefficient (Wildman–Crippen LogP) is 5.93. The summed E-state index contributed by atoms with van der Waals surface area (Å²) in [7, 11) is 2.14. The maximum absolute atomic E-state index is 12.4. The van der Waals surface area contributed by atoms with Crippen LogP contribution in [-0.2, 0) is 4.79 Å². The number of rotatable bonds is 10. The third-order valence-electron chi connectivity index (χ3n) is 4.92. The second-order valence-electron chi connectivity index (χ2n) is 7.08. The molecule has 1 amide bonds. The fraction of sp³-hybridized carbons (Fsp3) is 0.417. The zero-order chi connectivity index (χ0) is 20.4. The molecule has 0 unspecified atom stereocenters. The first kappa shape index (κ1) is 21.7. The first-order valence-corrected chi connectivity index (χ1v) is 10.3. The highest BCUT2D eigenvalue weighted by Gasteiger charge is 2.06. The highest BCUT2D eigenvalue weighted by molar-refractivity contribution is 5.93. The van der Waals surface area contributed by atoms with Crippen molar-refractivity contribution in [2.45, 2.75) is 52.9 Å². The molecule has 0 bridgehead atoms. The first-order chi connectivity index (χ1) is 13.6. The molecule has 150 valence electrons. The van der Waals surface area contributed by atoms with Gasteiger partial charge in [0.2, 0.25) is 5.91 Å². The molecule has 0 aliphatic carbocycles. The summed E-state index contributed by atoms with van der Waals surface area (Å²) < 4.78 is 0. The minimum absolute atomic E-state index is 0.0271. The van der Waals surface area contributed by atoms with Crippen LogP contribution in [0.2, 0.25) is 0 Å². The third-order valence-corrected chi connectivity index (χ3v) is 4.92. The van der Waals surface area contributed by atoms with E-state index in [-0.39, 0.29) is 5.91 Å². The molecule has 1 aromatic heterocycles. The third kappa shape index (κ3) is 6.52. The number of amides is 1. The monoisotopic (exact) mass is 379 g/mol. The maximum atomic E-state index is 12.4. The molecule has 0 spiro atoms. The quantitative estimate of drug-likeness (QED) is 0.521. The Bertz CT molecular complexity index is 839. The van der Waals surface area contributed by atoms with Crippen molar-refractivity contribution in [1.82, 2.24) is 9.88 Å². The number of aromatic nitrogens is 1. The predicted molar refractivity (Wildman–Crippen MR) is 119 cm³/mol. The van der Waals surface area contributed by atoms with Crippen molar-refractivity contribution >= 4 is 22.5 Å². The van der Waals surface area contributed by atoms with Gasteiger partial charge in [-0.05, 0) is 43.9 Å². The number of fused-ring (bicyclic) bond motifs is 1. The van der Waals surface area contributed by atoms with Gasteiger partial charge in [0.1, 0.15) is 0 Å². The minimum Gasteiger partial charge on any atom is -0.378 e. The SMILES string of the molecule is CCCN(C)/C(=C/C=C(\CC)CCC(=O)Nc1cnc2ccccc2c1)CC. The molecule has 0 aliphatic heterocycles. The largest absolute Gasteiger partial charge is 0.378 e. The molecule has 1 heterocycles. The Hall–Kier alpha value is -2.62. The van der Waals surface area contributed by atoms with E-state index in [9.17, 15) is 4.79 Å². The van der Waals surface area contributed by atoms with Crippen LogP contribution >= 0.6 is 0 Å². The van der Waals surface area contributed by atoms with Crippen molar-refractivity contribution in [3.8, 4) is 0 Å². The van der Waals surface area contributed by atoms with Gasteiger partial charge in [-0.3, -0.25) is 9.78 Å². The van der Waals surface area contributed by atoms with Crippen molar-refractivity contribution in [1.29, 1.82) is 0 Å². The van der Waals surface area contributed by atoms with Crippen LogP contribution in [0.25, 0.3) is 10.9 Å². The van der Waals surface area contributed by atoms with Gasteiger partial charge in [0.15, 0.2) is 0 Å². The van der Waals surface area contributed by atoms with Crippen LogP contribution in [-0.4, -0.2) is 29.4 Å². The summed E-state index contributed by atoms with van der Waals surface area (Å²) in [5, 5.41) is 4.00. The molecule has 4 heteroatoms. The van der Waals surface area contributed by atoms with Gasteiger partial charge in [-0.1, -0.05) is 50.6 Å². The highest BCUT2D eigenvalue weighted by Crippen LogP contribution is 2.17. The summed E-state index contributed by atoms with van der Waals surface area (Å²) in [6, 6.07) is 9.88. The van der Waals surface area contributed by atoms with E-state index in [1.54, 1.807) is 6.20 Å². The Labute approximate surface area is 169 Å². The number of carbonyl (C=O) groups is 1. The van der Waals surface area contributed by atoms with E-state index >= 15 is 0 Å². The Balaban J connectivity index is 1.94. The van der Waals surface area contributed by atoms with Gasteiger partial charge in [0.25, 0.3) is 0 Å². The fourth-order valence-corrected chi connectivity index (χ4v) is 3.22. The molecule has 0 aliphatic rings. The molecule has 2 rings (SSSR count). The number of carbonyl (C=O) groups excluding carboxylic acids is 1. The Morgan fingerprint density at radius 2 is 1.89 bits per heavy atom. The van der Waals surface area contributed by atoms with Crippen LogP contribution in [0.1, 0.15) is 52.9 Å². The normalized spacial score (nSPS) is 12.3. The molecule has 1 aromatic carbocycles. The summed E-state index contributed by atoms with van der Waals surface area (Å²) >= 11 is 0. The molecule has 4 nitrogen and oxygen atoms in total. The lowest BCUT2D eigenvalue weighted by Crippen LogP contribution is -2.17. The Morgan fingerprint density at radius 1 is 1.11 bits per heavy atom. The number of hydrogen-bond acceptors (Lipinski definition) is 3. The zero-order valence-corrected chi connectivity index (χ0v) is 17.7. The molecule has 0 atom stereocenters. The van der Waals surface area contributed by atoms with Crippen LogP contribution in [0.3, 0.4) is 0 Å². The minimum atomic E-state index is 0.0271. The standard InChI is InChI=1S/C24H33N3O/c1-5-16-27(4)22(7-3)14-12-19(6-2)13-15-24(28)26-21-17-20-10-8-9-11-23(20)25-18-21/h8-12,14,17-18H,5-7,13,15-16H2,1-4H3,(H,26,28)/b19-12+,22-14+. The topological polar surface area (TPSA) is 45.2 Å². The summed E-state index contributed by atoms with van der Waals surface area (Å²) in [5.41, 5.74) is 4.31. The lowest BCUT2D eigenvalue weighted by Gasteiger charge is -2.20. The van der Waals surface area contributed by atoms with E-state index in [4.69, 9.17) is 0 Å². The van der Waals surface area contributed by atoms with Gasteiger partial charge in [0, 0.05) is 31.1 Å². The second-order valence-corrected chi connectivity index (χ2v) is 7.08. The van der Waals surface area contributed by atoms with Gasteiger partial charge < -0.3 is 10.2 Å². The molecule has 0 saturated heterocycles. The van der Waals surface area contributed by atoms with Gasteiger partial charge in [0.05, 0.1) is 17.4 Å². The second kappa shape index (κ2) is 11.3. The van der Waals surface area contributed by atoms with Crippen LogP contribution < -0.4 is 5.32 Å². The molecule has 28 heavy (non-hydrogen) atoms. The van der Waals surface area contributed by atoms with Crippen LogP contribution in [0.15, 0.2) is 60.0 Å². The summed E-state index contributed by atoms with van der Waals surface area (Å²) in [4.78, 5) is 19.1. The van der Waals surface area contributed by atoms with Crippen molar-refractivity contribution in [2.24, 2.45) is 0 Å². The van der Waals surface area contributed by atoms with E-state index in [1.165, 1.54) is 11.3 Å². The summed E-state index contributed by atoms with van der Waals surface area (Å²) in [5.74, 6) is 0.0271. The van der Waals surface area contributed by atoms with Gasteiger partial charge >= 0.3 is 0 Å². The molecule has 0 radical (unpaired) electrons. The van der Waals surface area contributed by atoms with Gasteiger partial charge in [-0.25, -0.2) is 0 Å². The van der Waals surface area contributed by atoms with E-state index in [2.05, 4.69) is 55.2 Å². The van der Waals surface area contributed by atoms with E-state index in [0.717, 1.165) is 48.8 Å².